The molecule has 0 atom stereocenters. The van der Waals surface area contributed by atoms with Crippen molar-refractivity contribution in [3.05, 3.63) is 71.3 Å². The minimum atomic E-state index is -3.29. The predicted octanol–water partition coefficient (Wildman–Crippen LogP) is 3.65. The van der Waals surface area contributed by atoms with Crippen LogP contribution < -0.4 is 4.72 Å². The molecule has 0 amide bonds. The minimum Gasteiger partial charge on any atom is -0.283 e. The molecule has 21 heavy (non-hydrogen) atoms. The Morgan fingerprint density at radius 2 is 1.57 bits per heavy atom. The molecule has 3 nitrogen and oxygen atoms in total. The van der Waals surface area contributed by atoms with E-state index in [0.717, 1.165) is 29.5 Å². The van der Waals surface area contributed by atoms with Crippen molar-refractivity contribution < 1.29 is 8.42 Å². The highest BCUT2D eigenvalue weighted by Gasteiger charge is 2.22. The van der Waals surface area contributed by atoms with Crippen molar-refractivity contribution in [2.45, 2.75) is 12.8 Å². The SMILES string of the molecule is CS(=O)(=O)Nc1ccccc1C(=C1CC1)c1ccccc1. The van der Waals surface area contributed by atoms with Crippen LogP contribution in [0, 0.1) is 0 Å². The maximum Gasteiger partial charge on any atom is 0.229 e. The van der Waals surface area contributed by atoms with E-state index in [1.807, 2.05) is 42.5 Å². The van der Waals surface area contributed by atoms with E-state index in [1.165, 1.54) is 11.8 Å². The fourth-order valence-electron chi connectivity index (χ4n) is 2.46. The summed E-state index contributed by atoms with van der Waals surface area (Å²) < 4.78 is 25.8. The van der Waals surface area contributed by atoms with Crippen LogP contribution in [0.25, 0.3) is 5.57 Å². The van der Waals surface area contributed by atoms with E-state index >= 15 is 0 Å². The molecule has 1 aliphatic rings. The average molecular weight is 299 g/mol. The van der Waals surface area contributed by atoms with Gasteiger partial charge in [-0.2, -0.15) is 0 Å². The zero-order valence-corrected chi connectivity index (χ0v) is 12.7. The Morgan fingerprint density at radius 3 is 2.19 bits per heavy atom. The Balaban J connectivity index is 2.13. The lowest BCUT2D eigenvalue weighted by molar-refractivity contribution is 0.607. The minimum absolute atomic E-state index is 0.637. The van der Waals surface area contributed by atoms with E-state index in [1.54, 1.807) is 0 Å². The molecule has 0 unspecified atom stereocenters. The van der Waals surface area contributed by atoms with Crippen LogP contribution >= 0.6 is 0 Å². The number of benzene rings is 2. The average Bonchev–Trinajstić information content (AvgIpc) is 3.25. The van der Waals surface area contributed by atoms with Gasteiger partial charge in [-0.25, -0.2) is 8.42 Å². The van der Waals surface area contributed by atoms with E-state index in [0.29, 0.717) is 5.69 Å². The van der Waals surface area contributed by atoms with Crippen LogP contribution in [-0.2, 0) is 10.0 Å². The summed E-state index contributed by atoms with van der Waals surface area (Å²) in [6, 6.07) is 17.7. The van der Waals surface area contributed by atoms with Gasteiger partial charge in [0.25, 0.3) is 0 Å². The van der Waals surface area contributed by atoms with Crippen LogP contribution in [0.4, 0.5) is 5.69 Å². The monoisotopic (exact) mass is 299 g/mol. The first-order valence-corrected chi connectivity index (χ1v) is 8.78. The highest BCUT2D eigenvalue weighted by molar-refractivity contribution is 7.92. The second-order valence-corrected chi connectivity index (χ2v) is 7.01. The maximum absolute atomic E-state index is 11.6. The standard InChI is InChI=1S/C17H17NO2S/c1-21(19,20)18-16-10-6-5-9-15(16)17(14-11-12-14)13-7-3-2-4-8-13/h2-10,18H,11-12H2,1H3. The summed E-state index contributed by atoms with van der Waals surface area (Å²) in [5.74, 6) is 0. The molecule has 0 aliphatic heterocycles. The van der Waals surface area contributed by atoms with Gasteiger partial charge in [0, 0.05) is 5.56 Å². The lowest BCUT2D eigenvalue weighted by Crippen LogP contribution is -2.11. The van der Waals surface area contributed by atoms with Gasteiger partial charge in [0.15, 0.2) is 0 Å². The van der Waals surface area contributed by atoms with Gasteiger partial charge in [-0.3, -0.25) is 4.72 Å². The van der Waals surface area contributed by atoms with Gasteiger partial charge in [0.1, 0.15) is 0 Å². The molecule has 2 aromatic rings. The normalized spacial score (nSPS) is 13.9. The highest BCUT2D eigenvalue weighted by Crippen LogP contribution is 2.42. The third-order valence-electron chi connectivity index (χ3n) is 3.41. The lowest BCUT2D eigenvalue weighted by atomic mass is 9.95. The number of hydrogen-bond donors (Lipinski definition) is 1. The number of rotatable bonds is 4. The molecule has 4 heteroatoms. The molecule has 2 aromatic carbocycles. The van der Waals surface area contributed by atoms with Gasteiger partial charge in [0.05, 0.1) is 11.9 Å². The van der Waals surface area contributed by atoms with E-state index in [9.17, 15) is 8.42 Å². The number of nitrogens with one attached hydrogen (secondary N) is 1. The smallest absolute Gasteiger partial charge is 0.229 e. The van der Waals surface area contributed by atoms with Crippen LogP contribution in [0.3, 0.4) is 0 Å². The predicted molar refractivity (Wildman–Crippen MR) is 86.6 cm³/mol. The molecule has 0 bridgehead atoms. The number of allylic oxidation sites excluding steroid dienone is 1. The Hall–Kier alpha value is -2.07. The van der Waals surface area contributed by atoms with Crippen molar-refractivity contribution in [1.29, 1.82) is 0 Å². The molecule has 3 rings (SSSR count). The van der Waals surface area contributed by atoms with Gasteiger partial charge < -0.3 is 0 Å². The molecule has 1 fully saturated rings. The summed E-state index contributed by atoms with van der Waals surface area (Å²) in [6.45, 7) is 0. The Labute approximate surface area is 125 Å². The molecule has 1 aliphatic carbocycles. The molecule has 0 heterocycles. The highest BCUT2D eigenvalue weighted by atomic mass is 32.2. The molecule has 0 radical (unpaired) electrons. The molecule has 0 saturated heterocycles. The first-order chi connectivity index (χ1) is 10.0. The third-order valence-corrected chi connectivity index (χ3v) is 4.00. The fraction of sp³-hybridized carbons (Fsp3) is 0.176. The molecular formula is C17H17NO2S. The molecular weight excluding hydrogens is 282 g/mol. The van der Waals surface area contributed by atoms with Crippen LogP contribution in [-0.4, -0.2) is 14.7 Å². The Morgan fingerprint density at radius 1 is 0.952 bits per heavy atom. The van der Waals surface area contributed by atoms with Gasteiger partial charge in [-0.15, -0.1) is 0 Å². The van der Waals surface area contributed by atoms with Gasteiger partial charge in [0.2, 0.25) is 10.0 Å². The first-order valence-electron chi connectivity index (χ1n) is 6.89. The first kappa shape index (κ1) is 13.9. The van der Waals surface area contributed by atoms with Gasteiger partial charge in [-0.05, 0) is 30.0 Å². The van der Waals surface area contributed by atoms with Crippen molar-refractivity contribution in [2.75, 3.05) is 11.0 Å². The molecule has 1 N–H and O–H groups in total. The quantitative estimate of drug-likeness (QED) is 0.936. The van der Waals surface area contributed by atoms with Gasteiger partial charge >= 0.3 is 0 Å². The number of para-hydroxylation sites is 1. The molecule has 108 valence electrons. The molecule has 1 saturated carbocycles. The van der Waals surface area contributed by atoms with Crippen molar-refractivity contribution in [3.8, 4) is 0 Å². The Kier molecular flexibility index (Phi) is 3.55. The van der Waals surface area contributed by atoms with Crippen molar-refractivity contribution in [2.24, 2.45) is 0 Å². The van der Waals surface area contributed by atoms with E-state index in [2.05, 4.69) is 16.9 Å². The Bertz CT molecular complexity index is 787. The summed E-state index contributed by atoms with van der Waals surface area (Å²) in [5.41, 5.74) is 5.25. The largest absolute Gasteiger partial charge is 0.283 e. The van der Waals surface area contributed by atoms with E-state index in [-0.39, 0.29) is 0 Å². The third kappa shape index (κ3) is 3.34. The van der Waals surface area contributed by atoms with Crippen molar-refractivity contribution in [3.63, 3.8) is 0 Å². The number of hydrogen-bond acceptors (Lipinski definition) is 2. The maximum atomic E-state index is 11.6. The number of anilines is 1. The van der Waals surface area contributed by atoms with Crippen LogP contribution in [0.15, 0.2) is 60.2 Å². The summed E-state index contributed by atoms with van der Waals surface area (Å²) in [5, 5.41) is 0. The molecule has 0 aromatic heterocycles. The van der Waals surface area contributed by atoms with Crippen LogP contribution in [0.5, 0.6) is 0 Å². The van der Waals surface area contributed by atoms with Crippen LogP contribution in [0.1, 0.15) is 24.0 Å². The second kappa shape index (κ2) is 5.37. The topological polar surface area (TPSA) is 46.2 Å². The number of sulfonamides is 1. The molecule has 0 spiro atoms. The summed E-state index contributed by atoms with van der Waals surface area (Å²) >= 11 is 0. The zero-order chi connectivity index (χ0) is 14.9. The lowest BCUT2D eigenvalue weighted by Gasteiger charge is -2.14. The fourth-order valence-corrected chi connectivity index (χ4v) is 3.03. The second-order valence-electron chi connectivity index (χ2n) is 5.26. The van der Waals surface area contributed by atoms with Crippen molar-refractivity contribution >= 4 is 21.3 Å². The zero-order valence-electron chi connectivity index (χ0n) is 11.8. The van der Waals surface area contributed by atoms with E-state index in [4.69, 9.17) is 0 Å². The summed E-state index contributed by atoms with van der Waals surface area (Å²) in [7, 11) is -3.29. The van der Waals surface area contributed by atoms with Crippen LogP contribution in [0.2, 0.25) is 0 Å². The van der Waals surface area contributed by atoms with Gasteiger partial charge in [-0.1, -0.05) is 54.1 Å². The van der Waals surface area contributed by atoms with Crippen molar-refractivity contribution in [1.82, 2.24) is 0 Å². The van der Waals surface area contributed by atoms with E-state index < -0.39 is 10.0 Å². The summed E-state index contributed by atoms with van der Waals surface area (Å²) in [4.78, 5) is 0. The summed E-state index contributed by atoms with van der Waals surface area (Å²) in [6.07, 6.45) is 3.34.